The maximum Gasteiger partial charge on any atom is 0.412 e. The lowest BCUT2D eigenvalue weighted by molar-refractivity contribution is 0.0636. The molecule has 1 amide bonds. The fraction of sp³-hybridized carbons (Fsp3) is 0.400. The van der Waals surface area contributed by atoms with Crippen LogP contribution in [0.15, 0.2) is 28.9 Å². The second kappa shape index (κ2) is 5.23. The Labute approximate surface area is 124 Å². The molecule has 0 bridgehead atoms. The first-order valence-electron chi connectivity index (χ1n) is 6.64. The van der Waals surface area contributed by atoms with Crippen LogP contribution in [-0.4, -0.2) is 25.0 Å². The van der Waals surface area contributed by atoms with Gasteiger partial charge in [-0.1, -0.05) is 0 Å². The summed E-state index contributed by atoms with van der Waals surface area (Å²) in [5, 5.41) is 4.15. The van der Waals surface area contributed by atoms with Crippen molar-refractivity contribution in [3.05, 3.63) is 24.5 Å². The summed E-state index contributed by atoms with van der Waals surface area (Å²) in [6.45, 7) is 8.79. The van der Waals surface area contributed by atoms with Crippen molar-refractivity contribution >= 4 is 35.2 Å². The Balaban J connectivity index is 2.37. The molecule has 0 saturated heterocycles. The van der Waals surface area contributed by atoms with Crippen LogP contribution in [0.2, 0.25) is 0 Å². The van der Waals surface area contributed by atoms with Gasteiger partial charge in [0.05, 0.1) is 12.0 Å². The molecule has 21 heavy (non-hydrogen) atoms. The third-order valence-corrected chi connectivity index (χ3v) is 4.36. The number of hydrogen-bond donors (Lipinski definition) is 1. The van der Waals surface area contributed by atoms with Gasteiger partial charge in [0.2, 0.25) is 0 Å². The summed E-state index contributed by atoms with van der Waals surface area (Å²) in [5.41, 5.74) is 0.429. The quantitative estimate of drug-likeness (QED) is 0.850. The number of anilines is 1. The highest BCUT2D eigenvalue weighted by Crippen LogP contribution is 2.39. The van der Waals surface area contributed by atoms with Crippen molar-refractivity contribution in [2.75, 3.05) is 18.6 Å². The van der Waals surface area contributed by atoms with Crippen molar-refractivity contribution in [1.82, 2.24) is 0 Å². The van der Waals surface area contributed by atoms with Crippen molar-refractivity contribution in [3.8, 4) is 0 Å². The van der Waals surface area contributed by atoms with Gasteiger partial charge in [0, 0.05) is 10.7 Å². The smallest absolute Gasteiger partial charge is 0.412 e. The molecule has 0 aliphatic carbocycles. The summed E-state index contributed by atoms with van der Waals surface area (Å²) in [5.74, 6) is 0. The second-order valence-corrected chi connectivity index (χ2v) is 9.46. The first-order valence-corrected chi connectivity index (χ1v) is 9.24. The lowest BCUT2D eigenvalue weighted by atomic mass is 10.2. The van der Waals surface area contributed by atoms with E-state index >= 15 is 0 Å². The molecule has 0 spiro atoms. The van der Waals surface area contributed by atoms with Crippen LogP contribution in [-0.2, 0) is 9.30 Å². The number of nitrogens with one attached hydrogen (secondary N) is 1. The molecule has 0 radical (unpaired) electrons. The van der Waals surface area contributed by atoms with Crippen molar-refractivity contribution in [1.29, 1.82) is 0 Å². The van der Waals surface area contributed by atoms with E-state index in [0.717, 1.165) is 10.7 Å². The van der Waals surface area contributed by atoms with Gasteiger partial charge in [-0.05, 0) is 52.3 Å². The summed E-state index contributed by atoms with van der Waals surface area (Å²) >= 11 is 0. The molecule has 1 N–H and O–H groups in total. The fourth-order valence-corrected chi connectivity index (χ4v) is 3.22. The van der Waals surface area contributed by atoms with E-state index < -0.39 is 18.8 Å². The summed E-state index contributed by atoms with van der Waals surface area (Å²) in [6.07, 6.45) is 0.966. The van der Waals surface area contributed by atoms with Gasteiger partial charge in [-0.2, -0.15) is 0 Å². The largest absolute Gasteiger partial charge is 0.462 e. The fourth-order valence-electron chi connectivity index (χ4n) is 2.03. The van der Waals surface area contributed by atoms with E-state index in [-0.39, 0.29) is 0 Å². The molecule has 6 heteroatoms. The van der Waals surface area contributed by atoms with E-state index in [4.69, 9.17) is 9.15 Å². The Morgan fingerprint density at radius 2 is 1.90 bits per heavy atom. The molecule has 1 aromatic carbocycles. The van der Waals surface area contributed by atoms with Gasteiger partial charge in [0.15, 0.2) is 5.58 Å². The SMILES string of the molecule is CC(C)(C)OC(=O)Nc1ccc(P(C)(C)=O)c2ccoc12. The zero-order valence-corrected chi connectivity index (χ0v) is 13.8. The predicted octanol–water partition coefficient (Wildman–Crippen LogP) is 4.03. The highest BCUT2D eigenvalue weighted by Gasteiger charge is 2.21. The van der Waals surface area contributed by atoms with E-state index in [0.29, 0.717) is 11.3 Å². The van der Waals surface area contributed by atoms with E-state index in [9.17, 15) is 9.36 Å². The number of fused-ring (bicyclic) bond motifs is 1. The van der Waals surface area contributed by atoms with Crippen LogP contribution in [0.5, 0.6) is 0 Å². The molecule has 0 saturated carbocycles. The molecular formula is C15H20NO4P. The minimum absolute atomic E-state index is 0.501. The number of furan rings is 1. The molecule has 2 rings (SSSR count). The Kier molecular flexibility index (Phi) is 3.89. The molecule has 114 valence electrons. The van der Waals surface area contributed by atoms with Crippen LogP contribution in [0, 0.1) is 0 Å². The third-order valence-electron chi connectivity index (χ3n) is 2.81. The van der Waals surface area contributed by atoms with Gasteiger partial charge in [0.25, 0.3) is 0 Å². The molecule has 0 fully saturated rings. The number of carbonyl (C=O) groups excluding carboxylic acids is 1. The molecule has 5 nitrogen and oxygen atoms in total. The van der Waals surface area contributed by atoms with Crippen molar-refractivity contribution in [2.45, 2.75) is 26.4 Å². The van der Waals surface area contributed by atoms with Crippen LogP contribution >= 0.6 is 7.14 Å². The average Bonchev–Trinajstić information content (AvgIpc) is 2.73. The van der Waals surface area contributed by atoms with Crippen molar-refractivity contribution in [3.63, 3.8) is 0 Å². The average molecular weight is 309 g/mol. The van der Waals surface area contributed by atoms with E-state index in [1.165, 1.54) is 6.26 Å². The topological polar surface area (TPSA) is 68.5 Å². The van der Waals surface area contributed by atoms with Crippen LogP contribution in [0.25, 0.3) is 11.0 Å². The summed E-state index contributed by atoms with van der Waals surface area (Å²) in [6, 6.07) is 5.20. The third kappa shape index (κ3) is 3.67. The maximum atomic E-state index is 12.3. The first kappa shape index (κ1) is 15.6. The van der Waals surface area contributed by atoms with Crippen molar-refractivity contribution < 1.29 is 18.5 Å². The molecule has 0 unspecified atom stereocenters. The Bertz CT molecular complexity index is 721. The molecule has 1 heterocycles. The molecular weight excluding hydrogens is 289 g/mol. The highest BCUT2D eigenvalue weighted by atomic mass is 31.2. The van der Waals surface area contributed by atoms with Gasteiger partial charge in [-0.25, -0.2) is 4.79 Å². The molecule has 1 aromatic heterocycles. The summed E-state index contributed by atoms with van der Waals surface area (Å²) < 4.78 is 22.9. The van der Waals surface area contributed by atoms with Crippen LogP contribution < -0.4 is 10.6 Å². The highest BCUT2D eigenvalue weighted by molar-refractivity contribution is 7.70. The Morgan fingerprint density at radius 3 is 2.48 bits per heavy atom. The monoisotopic (exact) mass is 309 g/mol. The summed E-state index contributed by atoms with van der Waals surface area (Å²) in [7, 11) is -2.42. The number of ether oxygens (including phenoxy) is 1. The minimum Gasteiger partial charge on any atom is -0.462 e. The van der Waals surface area contributed by atoms with Gasteiger partial charge >= 0.3 is 6.09 Å². The van der Waals surface area contributed by atoms with Crippen molar-refractivity contribution in [2.24, 2.45) is 0 Å². The number of amides is 1. The van der Waals surface area contributed by atoms with E-state index in [1.54, 1.807) is 52.3 Å². The van der Waals surface area contributed by atoms with Gasteiger partial charge in [-0.3, -0.25) is 5.32 Å². The van der Waals surface area contributed by atoms with E-state index in [2.05, 4.69) is 5.32 Å². The molecule has 0 atom stereocenters. The van der Waals surface area contributed by atoms with Gasteiger partial charge in [-0.15, -0.1) is 0 Å². The lowest BCUT2D eigenvalue weighted by Crippen LogP contribution is -2.27. The van der Waals surface area contributed by atoms with Crippen LogP contribution in [0.1, 0.15) is 20.8 Å². The minimum atomic E-state index is -2.42. The lowest BCUT2D eigenvalue weighted by Gasteiger charge is -2.20. The zero-order chi connectivity index (χ0) is 15.8. The van der Waals surface area contributed by atoms with Gasteiger partial charge < -0.3 is 13.7 Å². The number of carbonyl (C=O) groups is 1. The van der Waals surface area contributed by atoms with Crippen LogP contribution in [0.3, 0.4) is 0 Å². The van der Waals surface area contributed by atoms with Gasteiger partial charge in [0.1, 0.15) is 12.7 Å². The predicted molar refractivity (Wildman–Crippen MR) is 85.2 cm³/mol. The number of benzene rings is 1. The Morgan fingerprint density at radius 1 is 1.24 bits per heavy atom. The summed E-state index contributed by atoms with van der Waals surface area (Å²) in [4.78, 5) is 11.8. The second-order valence-electron chi connectivity index (χ2n) is 6.27. The molecule has 2 aromatic rings. The molecule has 0 aliphatic heterocycles. The zero-order valence-electron chi connectivity index (χ0n) is 12.9. The van der Waals surface area contributed by atoms with E-state index in [1.807, 2.05) is 0 Å². The molecule has 0 aliphatic rings. The normalized spacial score (nSPS) is 12.4. The first-order chi connectivity index (χ1) is 9.58. The Hall–Kier alpha value is -1.74. The number of hydrogen-bond acceptors (Lipinski definition) is 4. The number of rotatable bonds is 2. The maximum absolute atomic E-state index is 12.3. The van der Waals surface area contributed by atoms with Crippen LogP contribution in [0.4, 0.5) is 10.5 Å². The standard InChI is InChI=1S/C15H20NO4P/c1-15(2,3)20-14(17)16-11-6-7-12(21(4,5)18)10-8-9-19-13(10)11/h6-9H,1-5H3,(H,16,17).